The molecule has 5 rings (SSSR count). The van der Waals surface area contributed by atoms with Crippen LogP contribution in [0, 0.1) is 11.6 Å². The van der Waals surface area contributed by atoms with Gasteiger partial charge in [0, 0.05) is 24.4 Å². The van der Waals surface area contributed by atoms with Crippen molar-refractivity contribution < 1.29 is 28.2 Å². The zero-order valence-corrected chi connectivity index (χ0v) is 20.1. The van der Waals surface area contributed by atoms with Crippen molar-refractivity contribution in [1.82, 2.24) is 4.98 Å². The van der Waals surface area contributed by atoms with Gasteiger partial charge < -0.3 is 15.6 Å². The third-order valence-corrected chi connectivity index (χ3v) is 6.54. The fraction of sp³-hybridized carbons (Fsp3) is 0.138. The van der Waals surface area contributed by atoms with Gasteiger partial charge in [0.05, 0.1) is 17.6 Å². The molecule has 192 valence electrons. The predicted molar refractivity (Wildman–Crippen MR) is 137 cm³/mol. The van der Waals surface area contributed by atoms with Crippen molar-refractivity contribution in [1.29, 1.82) is 0 Å². The summed E-state index contributed by atoms with van der Waals surface area (Å²) in [5.41, 5.74) is 9.82. The summed E-state index contributed by atoms with van der Waals surface area (Å²) < 4.78 is 33.8. The molecule has 1 heterocycles. The number of ether oxygens (including phenoxy) is 1. The maximum atomic E-state index is 14.3. The predicted octanol–water partition coefficient (Wildman–Crippen LogP) is 5.36. The largest absolute Gasteiger partial charge is 0.505 e. The molecule has 7 nitrogen and oxygen atoms in total. The number of fused-ring (bicyclic) bond motifs is 3. The molecular weight excluding hydrogens is 492 g/mol. The highest BCUT2D eigenvalue weighted by atomic mass is 19.2. The molecule has 0 aliphatic heterocycles. The number of phenols is 1. The van der Waals surface area contributed by atoms with Crippen LogP contribution in [0.4, 0.5) is 19.3 Å². The first-order valence-corrected chi connectivity index (χ1v) is 11.9. The Morgan fingerprint density at radius 3 is 2.16 bits per heavy atom. The van der Waals surface area contributed by atoms with Crippen molar-refractivity contribution in [3.05, 3.63) is 102 Å². The molecule has 2 amide bonds. The van der Waals surface area contributed by atoms with Crippen LogP contribution in [-0.4, -0.2) is 35.2 Å². The van der Waals surface area contributed by atoms with Crippen LogP contribution in [0.5, 0.6) is 5.75 Å². The molecule has 0 fully saturated rings. The molecule has 0 saturated carbocycles. The number of nitrogens with two attached hydrogens (primary N) is 1. The molecular formula is C29H23F2N3O4. The Hall–Kier alpha value is -4.79. The number of pyridine rings is 1. The van der Waals surface area contributed by atoms with Crippen LogP contribution in [0.2, 0.25) is 0 Å². The van der Waals surface area contributed by atoms with E-state index < -0.39 is 29.4 Å². The average molecular weight is 516 g/mol. The van der Waals surface area contributed by atoms with Gasteiger partial charge in [-0.15, -0.1) is 0 Å². The van der Waals surface area contributed by atoms with Crippen molar-refractivity contribution in [3.8, 4) is 28.1 Å². The maximum Gasteiger partial charge on any atom is 0.414 e. The highest BCUT2D eigenvalue weighted by Crippen LogP contribution is 2.44. The van der Waals surface area contributed by atoms with Crippen LogP contribution in [-0.2, 0) is 9.53 Å². The number of halogens is 2. The number of nitrogens with zero attached hydrogens (tertiary/aromatic N) is 2. The number of phenolic OH excluding ortho intramolecular Hbond substituents is 1. The van der Waals surface area contributed by atoms with Crippen molar-refractivity contribution in [2.75, 3.05) is 18.1 Å². The topological polar surface area (TPSA) is 106 Å². The van der Waals surface area contributed by atoms with Crippen LogP contribution in [0.15, 0.2) is 79.0 Å². The number of primary amides is 1. The minimum atomic E-state index is -1.38. The zero-order valence-electron chi connectivity index (χ0n) is 20.1. The van der Waals surface area contributed by atoms with E-state index in [2.05, 4.69) is 4.98 Å². The maximum absolute atomic E-state index is 14.3. The van der Waals surface area contributed by atoms with Crippen LogP contribution in [0.25, 0.3) is 22.4 Å². The van der Waals surface area contributed by atoms with Gasteiger partial charge in [0.1, 0.15) is 6.61 Å². The van der Waals surface area contributed by atoms with E-state index in [1.54, 1.807) is 0 Å². The van der Waals surface area contributed by atoms with Crippen molar-refractivity contribution in [3.63, 3.8) is 0 Å². The summed E-state index contributed by atoms with van der Waals surface area (Å²) in [6, 6.07) is 21.0. The summed E-state index contributed by atoms with van der Waals surface area (Å²) in [6.07, 6.45) is 0.468. The Balaban J connectivity index is 1.37. The number of aromatic hydroxyl groups is 1. The Bertz CT molecular complexity index is 1480. The molecule has 3 aromatic carbocycles. The highest BCUT2D eigenvalue weighted by Gasteiger charge is 2.30. The minimum Gasteiger partial charge on any atom is -0.505 e. The number of hydrogen-bond donors (Lipinski definition) is 2. The minimum absolute atomic E-state index is 0.0603. The van der Waals surface area contributed by atoms with Gasteiger partial charge in [-0.3, -0.25) is 14.7 Å². The third kappa shape index (κ3) is 4.66. The second-order valence-electron chi connectivity index (χ2n) is 8.83. The van der Waals surface area contributed by atoms with Gasteiger partial charge in [0.15, 0.2) is 11.6 Å². The van der Waals surface area contributed by atoms with E-state index in [0.717, 1.165) is 28.3 Å². The first kappa shape index (κ1) is 24.9. The van der Waals surface area contributed by atoms with Crippen LogP contribution in [0.1, 0.15) is 23.5 Å². The van der Waals surface area contributed by atoms with E-state index >= 15 is 0 Å². The molecule has 0 atom stereocenters. The van der Waals surface area contributed by atoms with Gasteiger partial charge in [-0.1, -0.05) is 48.5 Å². The number of carbonyl (C=O) groups is 2. The summed E-state index contributed by atoms with van der Waals surface area (Å²) >= 11 is 0. The van der Waals surface area contributed by atoms with Crippen molar-refractivity contribution in [2.45, 2.75) is 12.3 Å². The van der Waals surface area contributed by atoms with Gasteiger partial charge in [-0.2, -0.15) is 4.39 Å². The lowest BCUT2D eigenvalue weighted by Gasteiger charge is -2.23. The van der Waals surface area contributed by atoms with Gasteiger partial charge >= 0.3 is 6.09 Å². The van der Waals surface area contributed by atoms with E-state index in [9.17, 15) is 23.5 Å². The smallest absolute Gasteiger partial charge is 0.414 e. The van der Waals surface area contributed by atoms with E-state index in [-0.39, 0.29) is 42.4 Å². The molecule has 0 radical (unpaired) electrons. The van der Waals surface area contributed by atoms with Gasteiger partial charge in [0.2, 0.25) is 11.7 Å². The summed E-state index contributed by atoms with van der Waals surface area (Å²) in [7, 11) is 0. The number of rotatable bonds is 7. The molecule has 0 spiro atoms. The van der Waals surface area contributed by atoms with Crippen LogP contribution in [0.3, 0.4) is 0 Å². The fourth-order valence-corrected chi connectivity index (χ4v) is 4.66. The molecule has 1 aliphatic rings. The number of anilines is 1. The molecule has 9 heteroatoms. The molecule has 3 N–H and O–H groups in total. The van der Waals surface area contributed by atoms with Crippen molar-refractivity contribution in [2.24, 2.45) is 5.73 Å². The van der Waals surface area contributed by atoms with E-state index in [1.807, 2.05) is 48.5 Å². The zero-order chi connectivity index (χ0) is 26.8. The lowest BCUT2D eigenvalue weighted by molar-refractivity contribution is -0.117. The molecule has 38 heavy (non-hydrogen) atoms. The molecule has 0 saturated heterocycles. The first-order chi connectivity index (χ1) is 18.3. The first-order valence-electron chi connectivity index (χ1n) is 11.9. The Labute approximate surface area is 217 Å². The molecule has 1 aliphatic carbocycles. The quantitative estimate of drug-likeness (QED) is 0.345. The summed E-state index contributed by atoms with van der Waals surface area (Å²) in [5.74, 6) is -4.19. The molecule has 0 bridgehead atoms. The Morgan fingerprint density at radius 1 is 0.895 bits per heavy atom. The highest BCUT2D eigenvalue weighted by molar-refractivity contribution is 5.89. The number of benzene rings is 3. The van der Waals surface area contributed by atoms with Gasteiger partial charge in [-0.05, 0) is 46.5 Å². The van der Waals surface area contributed by atoms with E-state index in [4.69, 9.17) is 10.5 Å². The Morgan fingerprint density at radius 2 is 1.55 bits per heavy atom. The number of carbonyl (C=O) groups excluding carboxylic acids is 2. The fourth-order valence-electron chi connectivity index (χ4n) is 4.66. The van der Waals surface area contributed by atoms with Gasteiger partial charge in [0.25, 0.3) is 0 Å². The number of hydrogen-bond acceptors (Lipinski definition) is 5. The third-order valence-electron chi connectivity index (χ3n) is 6.54. The van der Waals surface area contributed by atoms with Gasteiger partial charge in [-0.25, -0.2) is 9.18 Å². The molecule has 0 unspecified atom stereocenters. The Kier molecular flexibility index (Phi) is 6.74. The SMILES string of the molecule is NC(=O)CCN(C(=O)OCC1c2ccccc2-c2ccccc21)c1ccc(-c2ccc(O)c(F)c2F)nc1. The van der Waals surface area contributed by atoms with Crippen LogP contribution >= 0.6 is 0 Å². The summed E-state index contributed by atoms with van der Waals surface area (Å²) in [4.78, 5) is 30.1. The lowest BCUT2D eigenvalue weighted by atomic mass is 9.98. The van der Waals surface area contributed by atoms with Crippen molar-refractivity contribution >= 4 is 17.7 Å². The lowest BCUT2D eigenvalue weighted by Crippen LogP contribution is -2.35. The summed E-state index contributed by atoms with van der Waals surface area (Å²) in [5, 5.41) is 9.36. The second-order valence-corrected chi connectivity index (χ2v) is 8.83. The second kappa shape index (κ2) is 10.3. The average Bonchev–Trinajstić information content (AvgIpc) is 3.25. The standard InChI is InChI=1S/C29H23F2N3O4/c30-27-22(10-12-25(35)28(27)31)24-11-9-17(15-33-24)34(14-13-26(32)36)29(37)38-16-23-20-7-3-1-5-18(20)19-6-2-4-8-21(19)23/h1-12,15,23,35H,13-14,16H2,(H2,32,36). The monoisotopic (exact) mass is 515 g/mol. The summed E-state index contributed by atoms with van der Waals surface area (Å²) in [6.45, 7) is 0.0126. The normalized spacial score (nSPS) is 12.1. The molecule has 4 aromatic rings. The van der Waals surface area contributed by atoms with E-state index in [1.165, 1.54) is 29.3 Å². The van der Waals surface area contributed by atoms with Crippen LogP contribution < -0.4 is 10.6 Å². The number of amides is 2. The molecule has 1 aromatic heterocycles. The van der Waals surface area contributed by atoms with E-state index in [0.29, 0.717) is 0 Å². The number of aromatic nitrogens is 1.